The van der Waals surface area contributed by atoms with E-state index in [9.17, 15) is 14.4 Å². The summed E-state index contributed by atoms with van der Waals surface area (Å²) in [6.07, 6.45) is 7.20. The van der Waals surface area contributed by atoms with Crippen LogP contribution in [0, 0.1) is 10.8 Å². The largest absolute Gasteiger partial charge is 0.481 e. The summed E-state index contributed by atoms with van der Waals surface area (Å²) >= 11 is 0. The van der Waals surface area contributed by atoms with Crippen LogP contribution in [0.2, 0.25) is 0 Å². The lowest BCUT2D eigenvalue weighted by atomic mass is 9.84. The highest BCUT2D eigenvalue weighted by Crippen LogP contribution is 2.28. The smallest absolute Gasteiger partial charge is 0.331 e. The van der Waals surface area contributed by atoms with Crippen LogP contribution in [0.15, 0.2) is 12.8 Å². The summed E-state index contributed by atoms with van der Waals surface area (Å²) < 4.78 is 5.69. The molecule has 166 valence electrons. The zero-order valence-electron chi connectivity index (χ0n) is 18.5. The fraction of sp³-hybridized carbons (Fsp3) is 0.773. The number of amides is 3. The van der Waals surface area contributed by atoms with Gasteiger partial charge in [0.2, 0.25) is 0 Å². The molecule has 0 aromatic heterocycles. The van der Waals surface area contributed by atoms with Gasteiger partial charge in [-0.15, -0.1) is 0 Å². The van der Waals surface area contributed by atoms with Crippen LogP contribution < -0.4 is 0 Å². The number of unbranched alkanes of at least 4 members (excludes halogenated alkanes) is 2. The van der Waals surface area contributed by atoms with Crippen molar-refractivity contribution in [2.45, 2.75) is 72.6 Å². The molecule has 7 nitrogen and oxygen atoms in total. The Kier molecular flexibility index (Phi) is 9.83. The van der Waals surface area contributed by atoms with E-state index in [2.05, 4.69) is 20.4 Å². The van der Waals surface area contributed by atoms with Crippen LogP contribution in [0.25, 0.3) is 0 Å². The Bertz CT molecular complexity index is 586. The molecule has 0 bridgehead atoms. The molecule has 0 unspecified atom stereocenters. The Morgan fingerprint density at radius 2 is 1.62 bits per heavy atom. The van der Waals surface area contributed by atoms with Gasteiger partial charge in [0, 0.05) is 26.0 Å². The Morgan fingerprint density at radius 3 is 2.10 bits per heavy atom. The summed E-state index contributed by atoms with van der Waals surface area (Å²) in [5.41, 5.74) is -0.309. The maximum atomic E-state index is 12.2. The summed E-state index contributed by atoms with van der Waals surface area (Å²) in [6.45, 7) is 13.6. The number of carboxylic acid groups (broad SMARTS) is 1. The second-order valence-electron chi connectivity index (χ2n) is 9.50. The van der Waals surface area contributed by atoms with Gasteiger partial charge in [-0.1, -0.05) is 47.1 Å². The Hall–Kier alpha value is -1.89. The third-order valence-electron chi connectivity index (χ3n) is 5.30. The van der Waals surface area contributed by atoms with Crippen LogP contribution >= 0.6 is 0 Å². The topological polar surface area (TPSA) is 87.2 Å². The molecule has 0 aromatic rings. The van der Waals surface area contributed by atoms with Gasteiger partial charge in [-0.2, -0.15) is 0 Å². The van der Waals surface area contributed by atoms with Crippen molar-refractivity contribution >= 4 is 17.9 Å². The number of carbonyl (C=O) groups is 3. The molecule has 0 aromatic carbocycles. The number of aliphatic carboxylic acids is 1. The standard InChI is InChI=1S/C22H38N2O5/c1-6-23-16-18(25)24(20(23)28)17-22(4,5)12-8-10-14-29-13-9-7-11-21(2,3)15-19(26)27/h6H,1,7-17H2,2-5H3,(H,26,27). The molecule has 0 radical (unpaired) electrons. The highest BCUT2D eigenvalue weighted by molar-refractivity contribution is 6.02. The summed E-state index contributed by atoms with van der Waals surface area (Å²) in [4.78, 5) is 37.6. The molecule has 0 aliphatic carbocycles. The molecule has 29 heavy (non-hydrogen) atoms. The molecule has 7 heteroatoms. The normalized spacial score (nSPS) is 15.3. The quantitative estimate of drug-likeness (QED) is 0.322. The molecule has 1 aliphatic heterocycles. The first-order valence-electron chi connectivity index (χ1n) is 10.5. The summed E-state index contributed by atoms with van der Waals surface area (Å²) in [7, 11) is 0. The molecule has 0 saturated carbocycles. The van der Waals surface area contributed by atoms with E-state index in [4.69, 9.17) is 9.84 Å². The number of hydrogen-bond donors (Lipinski definition) is 1. The maximum Gasteiger partial charge on any atom is 0.331 e. The number of carbonyl (C=O) groups excluding carboxylic acids is 2. The molecule has 1 N–H and O–H groups in total. The number of urea groups is 1. The van der Waals surface area contributed by atoms with E-state index in [1.807, 2.05) is 13.8 Å². The lowest BCUT2D eigenvalue weighted by molar-refractivity contribution is -0.139. The fourth-order valence-electron chi connectivity index (χ4n) is 3.58. The van der Waals surface area contributed by atoms with Gasteiger partial charge in [0.15, 0.2) is 0 Å². The third kappa shape index (κ3) is 9.43. The van der Waals surface area contributed by atoms with E-state index in [0.717, 1.165) is 38.5 Å². The van der Waals surface area contributed by atoms with Gasteiger partial charge in [0.05, 0.1) is 6.42 Å². The summed E-state index contributed by atoms with van der Waals surface area (Å²) in [5.74, 6) is -0.913. The first-order chi connectivity index (χ1) is 13.5. The van der Waals surface area contributed by atoms with Gasteiger partial charge in [0.25, 0.3) is 5.91 Å². The molecule has 1 aliphatic rings. The van der Waals surface area contributed by atoms with Crippen LogP contribution in [-0.2, 0) is 14.3 Å². The molecule has 1 fully saturated rings. The van der Waals surface area contributed by atoms with E-state index in [0.29, 0.717) is 19.8 Å². The average Bonchev–Trinajstić information content (AvgIpc) is 2.86. The monoisotopic (exact) mass is 410 g/mol. The van der Waals surface area contributed by atoms with Gasteiger partial charge < -0.3 is 9.84 Å². The number of rotatable bonds is 15. The minimum Gasteiger partial charge on any atom is -0.481 e. The molecular formula is C22H38N2O5. The number of ether oxygens (including phenoxy) is 1. The van der Waals surface area contributed by atoms with Crippen molar-refractivity contribution < 1.29 is 24.2 Å². The predicted molar refractivity (Wildman–Crippen MR) is 112 cm³/mol. The molecule has 1 heterocycles. The van der Waals surface area contributed by atoms with Crippen molar-refractivity contribution in [2.24, 2.45) is 10.8 Å². The third-order valence-corrected chi connectivity index (χ3v) is 5.30. The molecule has 3 amide bonds. The molecule has 0 atom stereocenters. The number of carboxylic acids is 1. The summed E-state index contributed by atoms with van der Waals surface area (Å²) in [6, 6.07) is -0.284. The van der Waals surface area contributed by atoms with Crippen LogP contribution in [0.1, 0.15) is 72.6 Å². The lowest BCUT2D eigenvalue weighted by Crippen LogP contribution is -2.39. The molecule has 1 rings (SSSR count). The number of imide groups is 1. The zero-order valence-corrected chi connectivity index (χ0v) is 18.5. The second-order valence-corrected chi connectivity index (χ2v) is 9.50. The molecular weight excluding hydrogens is 372 g/mol. The van der Waals surface area contributed by atoms with Crippen molar-refractivity contribution in [3.05, 3.63) is 12.8 Å². The molecule has 1 saturated heterocycles. The van der Waals surface area contributed by atoms with E-state index >= 15 is 0 Å². The summed E-state index contributed by atoms with van der Waals surface area (Å²) in [5, 5.41) is 8.89. The lowest BCUT2D eigenvalue weighted by Gasteiger charge is -2.29. The average molecular weight is 411 g/mol. The zero-order chi connectivity index (χ0) is 22.1. The van der Waals surface area contributed by atoms with Gasteiger partial charge in [0.1, 0.15) is 6.54 Å². The highest BCUT2D eigenvalue weighted by Gasteiger charge is 2.37. The second kappa shape index (κ2) is 11.3. The van der Waals surface area contributed by atoms with Gasteiger partial charge in [-0.3, -0.25) is 19.4 Å². The van der Waals surface area contributed by atoms with E-state index in [-0.39, 0.29) is 35.7 Å². The van der Waals surface area contributed by atoms with Gasteiger partial charge >= 0.3 is 12.0 Å². The van der Waals surface area contributed by atoms with Crippen LogP contribution in [0.3, 0.4) is 0 Å². The van der Waals surface area contributed by atoms with Crippen molar-refractivity contribution in [1.29, 1.82) is 0 Å². The van der Waals surface area contributed by atoms with Crippen LogP contribution in [-0.4, -0.2) is 59.1 Å². The number of nitrogens with zero attached hydrogens (tertiary/aromatic N) is 2. The number of hydrogen-bond acceptors (Lipinski definition) is 4. The first kappa shape index (κ1) is 25.1. The van der Waals surface area contributed by atoms with Crippen LogP contribution in [0.5, 0.6) is 0 Å². The van der Waals surface area contributed by atoms with E-state index in [1.54, 1.807) is 0 Å². The van der Waals surface area contributed by atoms with Crippen molar-refractivity contribution in [2.75, 3.05) is 26.3 Å². The van der Waals surface area contributed by atoms with E-state index < -0.39 is 5.97 Å². The molecule has 0 spiro atoms. The Morgan fingerprint density at radius 1 is 1.07 bits per heavy atom. The predicted octanol–water partition coefficient (Wildman–Crippen LogP) is 4.28. The first-order valence-corrected chi connectivity index (χ1v) is 10.5. The van der Waals surface area contributed by atoms with Crippen molar-refractivity contribution in [1.82, 2.24) is 9.80 Å². The SMILES string of the molecule is C=CN1CC(=O)N(CC(C)(C)CCCCOCCCCC(C)(C)CC(=O)O)C1=O. The Balaban J connectivity index is 2.13. The van der Waals surface area contributed by atoms with Gasteiger partial charge in [-0.05, 0) is 36.5 Å². The Labute approximate surface area is 175 Å². The highest BCUT2D eigenvalue weighted by atomic mass is 16.5. The fourth-order valence-corrected chi connectivity index (χ4v) is 3.58. The van der Waals surface area contributed by atoms with Crippen molar-refractivity contribution in [3.8, 4) is 0 Å². The minimum absolute atomic E-state index is 0.0831. The van der Waals surface area contributed by atoms with E-state index in [1.165, 1.54) is 16.0 Å². The maximum absolute atomic E-state index is 12.2. The van der Waals surface area contributed by atoms with Gasteiger partial charge in [-0.25, -0.2) is 4.79 Å². The van der Waals surface area contributed by atoms with Crippen LogP contribution in [0.4, 0.5) is 4.79 Å². The minimum atomic E-state index is -0.745. The van der Waals surface area contributed by atoms with Crippen molar-refractivity contribution in [3.63, 3.8) is 0 Å².